The summed E-state index contributed by atoms with van der Waals surface area (Å²) in [4.78, 5) is 12.1. The molecule has 1 aromatic rings. The Bertz CT molecular complexity index is 418. The summed E-state index contributed by atoms with van der Waals surface area (Å²) in [6, 6.07) is 7.88. The van der Waals surface area contributed by atoms with Crippen LogP contribution in [-0.2, 0) is 19.9 Å². The molecule has 1 atom stereocenters. The van der Waals surface area contributed by atoms with Crippen molar-refractivity contribution in [1.29, 1.82) is 0 Å². The number of carbonyl (C=O) groups excluding carboxylic acids is 1. The maximum absolute atomic E-state index is 12.1. The Labute approximate surface area is 114 Å². The van der Waals surface area contributed by atoms with Crippen molar-refractivity contribution in [3.63, 3.8) is 0 Å². The fraction of sp³-hybridized carbons (Fsp3) is 0.562. The zero-order chi connectivity index (χ0) is 13.7. The predicted octanol–water partition coefficient (Wildman–Crippen LogP) is 3.34. The highest BCUT2D eigenvalue weighted by atomic mass is 16.6. The molecule has 0 amide bonds. The minimum Gasteiger partial charge on any atom is -0.463 e. The third-order valence-corrected chi connectivity index (χ3v) is 3.51. The van der Waals surface area contributed by atoms with Crippen LogP contribution in [0.15, 0.2) is 24.3 Å². The molecule has 2 rings (SSSR count). The summed E-state index contributed by atoms with van der Waals surface area (Å²) >= 11 is 0. The average molecular weight is 262 g/mol. The molecule has 3 nitrogen and oxygen atoms in total. The van der Waals surface area contributed by atoms with Crippen molar-refractivity contribution in [2.45, 2.75) is 45.1 Å². The summed E-state index contributed by atoms with van der Waals surface area (Å²) in [5, 5.41) is 0. The molecule has 1 heterocycles. The van der Waals surface area contributed by atoms with Gasteiger partial charge in [0.1, 0.15) is 0 Å². The summed E-state index contributed by atoms with van der Waals surface area (Å²) in [6.45, 7) is 5.12. The number of hydrogen-bond acceptors (Lipinski definition) is 3. The topological polar surface area (TPSA) is 38.8 Å². The number of rotatable bonds is 7. The van der Waals surface area contributed by atoms with Crippen LogP contribution in [0.1, 0.15) is 43.7 Å². The van der Waals surface area contributed by atoms with Crippen LogP contribution in [0, 0.1) is 6.92 Å². The highest BCUT2D eigenvalue weighted by molar-refractivity contribution is 5.84. The monoisotopic (exact) mass is 262 g/mol. The fourth-order valence-electron chi connectivity index (χ4n) is 2.11. The Morgan fingerprint density at radius 1 is 1.26 bits per heavy atom. The molecular weight excluding hydrogens is 240 g/mol. The van der Waals surface area contributed by atoms with Gasteiger partial charge in [-0.1, -0.05) is 56.0 Å². The third kappa shape index (κ3) is 3.35. The summed E-state index contributed by atoms with van der Waals surface area (Å²) < 4.78 is 10.7. The van der Waals surface area contributed by atoms with E-state index in [-0.39, 0.29) is 5.97 Å². The minimum absolute atomic E-state index is 0.243. The number of hydrogen-bond donors (Lipinski definition) is 0. The van der Waals surface area contributed by atoms with E-state index in [1.807, 2.05) is 31.2 Å². The Morgan fingerprint density at radius 2 is 1.95 bits per heavy atom. The molecule has 1 saturated heterocycles. The van der Waals surface area contributed by atoms with Gasteiger partial charge in [0.05, 0.1) is 13.2 Å². The molecule has 0 spiro atoms. The summed E-state index contributed by atoms with van der Waals surface area (Å²) in [5.74, 6) is -0.243. The van der Waals surface area contributed by atoms with Crippen molar-refractivity contribution in [1.82, 2.24) is 0 Å². The zero-order valence-electron chi connectivity index (χ0n) is 11.8. The van der Waals surface area contributed by atoms with Crippen LogP contribution in [0.25, 0.3) is 0 Å². The van der Waals surface area contributed by atoms with Gasteiger partial charge in [0.25, 0.3) is 0 Å². The number of benzene rings is 1. The zero-order valence-corrected chi connectivity index (χ0v) is 11.8. The molecule has 1 aliphatic rings. The fourth-order valence-corrected chi connectivity index (χ4v) is 2.11. The van der Waals surface area contributed by atoms with Crippen LogP contribution in [0.5, 0.6) is 0 Å². The SMILES string of the molecule is CCCCCCOC(=O)C1(c2ccc(C)cc2)CO1. The van der Waals surface area contributed by atoms with Crippen LogP contribution < -0.4 is 0 Å². The lowest BCUT2D eigenvalue weighted by molar-refractivity contribution is -0.150. The van der Waals surface area contributed by atoms with Crippen molar-refractivity contribution in [2.24, 2.45) is 0 Å². The summed E-state index contributed by atoms with van der Waals surface area (Å²) in [7, 11) is 0. The first kappa shape index (κ1) is 14.1. The molecule has 0 saturated carbocycles. The second-order valence-corrected chi connectivity index (χ2v) is 5.18. The largest absolute Gasteiger partial charge is 0.463 e. The van der Waals surface area contributed by atoms with Gasteiger partial charge in [0.2, 0.25) is 5.60 Å². The number of unbranched alkanes of at least 4 members (excludes halogenated alkanes) is 3. The van der Waals surface area contributed by atoms with Crippen LogP contribution in [-0.4, -0.2) is 19.2 Å². The van der Waals surface area contributed by atoms with Crippen molar-refractivity contribution >= 4 is 5.97 Å². The van der Waals surface area contributed by atoms with E-state index < -0.39 is 5.60 Å². The van der Waals surface area contributed by atoms with E-state index in [9.17, 15) is 4.79 Å². The predicted molar refractivity (Wildman–Crippen MR) is 73.9 cm³/mol. The van der Waals surface area contributed by atoms with Crippen molar-refractivity contribution < 1.29 is 14.3 Å². The first-order valence-electron chi connectivity index (χ1n) is 7.07. The van der Waals surface area contributed by atoms with Crippen molar-refractivity contribution in [3.05, 3.63) is 35.4 Å². The maximum Gasteiger partial charge on any atom is 0.345 e. The van der Waals surface area contributed by atoms with E-state index in [4.69, 9.17) is 9.47 Å². The lowest BCUT2D eigenvalue weighted by atomic mass is 9.99. The molecule has 1 unspecified atom stereocenters. The highest BCUT2D eigenvalue weighted by Gasteiger charge is 2.55. The van der Waals surface area contributed by atoms with Crippen LogP contribution in [0.3, 0.4) is 0 Å². The molecule has 0 N–H and O–H groups in total. The van der Waals surface area contributed by atoms with Gasteiger partial charge >= 0.3 is 5.97 Å². The van der Waals surface area contributed by atoms with Gasteiger partial charge in [-0.15, -0.1) is 0 Å². The van der Waals surface area contributed by atoms with E-state index in [0.29, 0.717) is 13.2 Å². The third-order valence-electron chi connectivity index (χ3n) is 3.51. The molecule has 19 heavy (non-hydrogen) atoms. The van der Waals surface area contributed by atoms with Gasteiger partial charge in [0.15, 0.2) is 0 Å². The lowest BCUT2D eigenvalue weighted by Crippen LogP contribution is -2.25. The molecule has 104 valence electrons. The van der Waals surface area contributed by atoms with E-state index in [1.54, 1.807) is 0 Å². The molecule has 3 heteroatoms. The number of esters is 1. The minimum atomic E-state index is -0.821. The molecule has 0 aliphatic carbocycles. The Morgan fingerprint density at radius 3 is 2.53 bits per heavy atom. The average Bonchev–Trinajstić information content (AvgIpc) is 3.21. The van der Waals surface area contributed by atoms with E-state index in [1.165, 1.54) is 18.4 Å². The van der Waals surface area contributed by atoms with Gasteiger partial charge in [-0.3, -0.25) is 0 Å². The number of carbonyl (C=O) groups is 1. The highest BCUT2D eigenvalue weighted by Crippen LogP contribution is 2.40. The maximum atomic E-state index is 12.1. The summed E-state index contributed by atoms with van der Waals surface area (Å²) in [5.41, 5.74) is 1.25. The number of aryl methyl sites for hydroxylation is 1. The molecule has 1 aliphatic heterocycles. The standard InChI is InChI=1S/C16H22O3/c1-3-4-5-6-11-18-15(17)16(12-19-16)14-9-7-13(2)8-10-14/h7-10H,3-6,11-12H2,1-2H3. The van der Waals surface area contributed by atoms with Crippen LogP contribution >= 0.6 is 0 Å². The van der Waals surface area contributed by atoms with Gasteiger partial charge in [-0.25, -0.2) is 4.79 Å². The van der Waals surface area contributed by atoms with Gasteiger partial charge < -0.3 is 9.47 Å². The number of epoxide rings is 1. The first-order chi connectivity index (χ1) is 9.19. The van der Waals surface area contributed by atoms with Crippen LogP contribution in [0.4, 0.5) is 0 Å². The van der Waals surface area contributed by atoms with Crippen molar-refractivity contribution in [2.75, 3.05) is 13.2 Å². The quantitative estimate of drug-likeness (QED) is 0.430. The van der Waals surface area contributed by atoms with Gasteiger partial charge in [-0.2, -0.15) is 0 Å². The number of ether oxygens (including phenoxy) is 2. The van der Waals surface area contributed by atoms with E-state index in [2.05, 4.69) is 6.92 Å². The van der Waals surface area contributed by atoms with E-state index in [0.717, 1.165) is 18.4 Å². The summed E-state index contributed by atoms with van der Waals surface area (Å²) in [6.07, 6.45) is 4.42. The molecule has 1 aromatic carbocycles. The molecule has 0 bridgehead atoms. The van der Waals surface area contributed by atoms with Crippen LogP contribution in [0.2, 0.25) is 0 Å². The second kappa shape index (κ2) is 6.20. The van der Waals surface area contributed by atoms with E-state index >= 15 is 0 Å². The molecule has 1 fully saturated rings. The normalized spacial score (nSPS) is 21.2. The van der Waals surface area contributed by atoms with Crippen molar-refractivity contribution in [3.8, 4) is 0 Å². The first-order valence-corrected chi connectivity index (χ1v) is 7.07. The van der Waals surface area contributed by atoms with Gasteiger partial charge in [-0.05, 0) is 18.9 Å². The Balaban J connectivity index is 1.86. The smallest absolute Gasteiger partial charge is 0.345 e. The lowest BCUT2D eigenvalue weighted by Gasteiger charge is -2.12. The van der Waals surface area contributed by atoms with Gasteiger partial charge in [0, 0.05) is 0 Å². The second-order valence-electron chi connectivity index (χ2n) is 5.18. The Hall–Kier alpha value is -1.35. The Kier molecular flexibility index (Phi) is 4.59. The molecule has 0 radical (unpaired) electrons. The molecular formula is C16H22O3. The molecule has 0 aromatic heterocycles.